The standard InChI is InChI=1S/C22H21Cl2NO2.ClH/c1-26-21-12-17(14-25-13-16-7-3-2-4-8-16)11-20(24)22(21)27-15-18-9-5-6-10-19(18)23;/h2-12,25H,13-15H2,1H3;1H. The lowest BCUT2D eigenvalue weighted by Gasteiger charge is -2.15. The Balaban J connectivity index is 0.00000280. The van der Waals surface area contributed by atoms with Crippen molar-refractivity contribution in [1.82, 2.24) is 5.32 Å². The Morgan fingerprint density at radius 1 is 0.821 bits per heavy atom. The normalized spacial score (nSPS) is 10.2. The van der Waals surface area contributed by atoms with Gasteiger partial charge >= 0.3 is 0 Å². The zero-order chi connectivity index (χ0) is 19.1. The number of rotatable bonds is 8. The first kappa shape index (κ1) is 22.4. The van der Waals surface area contributed by atoms with E-state index in [1.54, 1.807) is 7.11 Å². The number of methoxy groups -OCH3 is 1. The Morgan fingerprint density at radius 2 is 1.50 bits per heavy atom. The van der Waals surface area contributed by atoms with Crippen molar-refractivity contribution in [3.63, 3.8) is 0 Å². The molecule has 0 heterocycles. The molecule has 0 aliphatic rings. The third kappa shape index (κ3) is 6.05. The van der Waals surface area contributed by atoms with Crippen molar-refractivity contribution in [2.75, 3.05) is 7.11 Å². The number of ether oxygens (including phenoxy) is 2. The van der Waals surface area contributed by atoms with Crippen LogP contribution in [0, 0.1) is 0 Å². The van der Waals surface area contributed by atoms with Gasteiger partial charge < -0.3 is 14.8 Å². The van der Waals surface area contributed by atoms with Crippen LogP contribution in [-0.4, -0.2) is 7.11 Å². The molecule has 0 spiro atoms. The van der Waals surface area contributed by atoms with Crippen LogP contribution in [-0.2, 0) is 19.7 Å². The van der Waals surface area contributed by atoms with Crippen LogP contribution in [0.2, 0.25) is 10.0 Å². The monoisotopic (exact) mass is 437 g/mol. The lowest BCUT2D eigenvalue weighted by molar-refractivity contribution is 0.284. The van der Waals surface area contributed by atoms with E-state index >= 15 is 0 Å². The van der Waals surface area contributed by atoms with Gasteiger partial charge in [0, 0.05) is 23.7 Å². The van der Waals surface area contributed by atoms with Crippen molar-refractivity contribution in [3.05, 3.63) is 93.5 Å². The highest BCUT2D eigenvalue weighted by molar-refractivity contribution is 6.32. The van der Waals surface area contributed by atoms with E-state index in [1.165, 1.54) is 5.56 Å². The van der Waals surface area contributed by atoms with Gasteiger partial charge in [0.15, 0.2) is 11.5 Å². The van der Waals surface area contributed by atoms with Crippen LogP contribution in [0.25, 0.3) is 0 Å². The molecule has 3 nitrogen and oxygen atoms in total. The van der Waals surface area contributed by atoms with Gasteiger partial charge in [-0.05, 0) is 29.3 Å². The number of nitrogens with one attached hydrogen (secondary N) is 1. The van der Waals surface area contributed by atoms with Gasteiger partial charge in [-0.3, -0.25) is 0 Å². The fourth-order valence-electron chi connectivity index (χ4n) is 2.73. The zero-order valence-electron chi connectivity index (χ0n) is 15.5. The lowest BCUT2D eigenvalue weighted by atomic mass is 10.1. The highest BCUT2D eigenvalue weighted by Crippen LogP contribution is 2.37. The summed E-state index contributed by atoms with van der Waals surface area (Å²) in [6.07, 6.45) is 0. The summed E-state index contributed by atoms with van der Waals surface area (Å²) >= 11 is 12.6. The Bertz CT molecular complexity index is 888. The van der Waals surface area contributed by atoms with E-state index in [-0.39, 0.29) is 12.4 Å². The van der Waals surface area contributed by atoms with Crippen molar-refractivity contribution < 1.29 is 9.47 Å². The highest BCUT2D eigenvalue weighted by atomic mass is 35.5. The van der Waals surface area contributed by atoms with Gasteiger partial charge in [-0.25, -0.2) is 0 Å². The van der Waals surface area contributed by atoms with Crippen molar-refractivity contribution in [2.45, 2.75) is 19.7 Å². The van der Waals surface area contributed by atoms with Gasteiger partial charge in [-0.2, -0.15) is 0 Å². The maximum atomic E-state index is 6.45. The molecule has 1 N–H and O–H groups in total. The van der Waals surface area contributed by atoms with Crippen LogP contribution < -0.4 is 14.8 Å². The summed E-state index contributed by atoms with van der Waals surface area (Å²) in [7, 11) is 1.61. The molecule has 3 rings (SSSR count). The SMILES string of the molecule is COc1cc(CNCc2ccccc2)cc(Cl)c1OCc1ccccc1Cl.Cl. The van der Waals surface area contributed by atoms with Crippen molar-refractivity contribution in [2.24, 2.45) is 0 Å². The van der Waals surface area contributed by atoms with E-state index in [4.69, 9.17) is 32.7 Å². The number of hydrogen-bond acceptors (Lipinski definition) is 3. The lowest BCUT2D eigenvalue weighted by Crippen LogP contribution is -2.12. The summed E-state index contributed by atoms with van der Waals surface area (Å²) < 4.78 is 11.4. The molecular formula is C22H22Cl3NO2. The predicted octanol–water partition coefficient (Wildman–Crippen LogP) is 6.29. The molecule has 0 atom stereocenters. The van der Waals surface area contributed by atoms with E-state index in [0.29, 0.717) is 34.7 Å². The first-order valence-corrected chi connectivity index (χ1v) is 9.40. The largest absolute Gasteiger partial charge is 0.493 e. The average molecular weight is 439 g/mol. The minimum Gasteiger partial charge on any atom is -0.493 e. The quantitative estimate of drug-likeness (QED) is 0.448. The first-order valence-electron chi connectivity index (χ1n) is 8.64. The minimum absolute atomic E-state index is 0. The first-order chi connectivity index (χ1) is 13.2. The molecule has 3 aromatic rings. The van der Waals surface area contributed by atoms with Gasteiger partial charge in [0.05, 0.1) is 12.1 Å². The van der Waals surface area contributed by atoms with Crippen LogP contribution in [0.1, 0.15) is 16.7 Å². The molecule has 0 unspecified atom stereocenters. The van der Waals surface area contributed by atoms with Gasteiger partial charge in [-0.15, -0.1) is 12.4 Å². The molecule has 0 saturated carbocycles. The maximum Gasteiger partial charge on any atom is 0.180 e. The van der Waals surface area contributed by atoms with Crippen LogP contribution >= 0.6 is 35.6 Å². The second-order valence-corrected chi connectivity index (χ2v) is 6.89. The third-order valence-electron chi connectivity index (χ3n) is 4.12. The van der Waals surface area contributed by atoms with Gasteiger partial charge in [0.1, 0.15) is 6.61 Å². The molecule has 0 amide bonds. The molecule has 6 heteroatoms. The van der Waals surface area contributed by atoms with Gasteiger partial charge in [0.2, 0.25) is 0 Å². The Morgan fingerprint density at radius 3 is 2.21 bits per heavy atom. The van der Waals surface area contributed by atoms with Crippen LogP contribution in [0.5, 0.6) is 11.5 Å². The zero-order valence-corrected chi connectivity index (χ0v) is 17.8. The Hall–Kier alpha value is -1.91. The summed E-state index contributed by atoms with van der Waals surface area (Å²) in [5, 5.41) is 4.58. The number of halogens is 3. The van der Waals surface area contributed by atoms with E-state index < -0.39 is 0 Å². The molecule has 148 valence electrons. The fourth-order valence-corrected chi connectivity index (χ4v) is 3.21. The Labute approximate surface area is 182 Å². The Kier molecular flexibility index (Phi) is 8.94. The van der Waals surface area contributed by atoms with E-state index in [9.17, 15) is 0 Å². The van der Waals surface area contributed by atoms with Crippen LogP contribution in [0.15, 0.2) is 66.7 Å². The summed E-state index contributed by atoms with van der Waals surface area (Å²) in [5.41, 5.74) is 3.15. The number of benzene rings is 3. The molecule has 0 bridgehead atoms. The summed E-state index contributed by atoms with van der Waals surface area (Å²) in [4.78, 5) is 0. The topological polar surface area (TPSA) is 30.5 Å². The van der Waals surface area contributed by atoms with Crippen molar-refractivity contribution in [1.29, 1.82) is 0 Å². The molecule has 0 fully saturated rings. The van der Waals surface area contributed by atoms with E-state index in [2.05, 4.69) is 17.4 Å². The van der Waals surface area contributed by atoms with E-state index in [0.717, 1.165) is 17.7 Å². The second kappa shape index (κ2) is 11.2. The molecular weight excluding hydrogens is 417 g/mol. The van der Waals surface area contributed by atoms with Gasteiger partial charge in [0.25, 0.3) is 0 Å². The van der Waals surface area contributed by atoms with Crippen LogP contribution in [0.4, 0.5) is 0 Å². The van der Waals surface area contributed by atoms with Crippen LogP contribution in [0.3, 0.4) is 0 Å². The summed E-state index contributed by atoms with van der Waals surface area (Å²) in [5.74, 6) is 1.12. The summed E-state index contributed by atoms with van der Waals surface area (Å²) in [6, 6.07) is 21.6. The predicted molar refractivity (Wildman–Crippen MR) is 118 cm³/mol. The third-order valence-corrected chi connectivity index (χ3v) is 4.77. The summed E-state index contributed by atoms with van der Waals surface area (Å²) in [6.45, 7) is 1.78. The van der Waals surface area contributed by atoms with Crippen molar-refractivity contribution in [3.8, 4) is 11.5 Å². The molecule has 3 aromatic carbocycles. The molecule has 0 aliphatic heterocycles. The molecule has 28 heavy (non-hydrogen) atoms. The molecule has 0 saturated heterocycles. The highest BCUT2D eigenvalue weighted by Gasteiger charge is 2.13. The smallest absolute Gasteiger partial charge is 0.180 e. The molecule has 0 aliphatic carbocycles. The van der Waals surface area contributed by atoms with Crippen molar-refractivity contribution >= 4 is 35.6 Å². The average Bonchev–Trinajstić information content (AvgIpc) is 2.69. The maximum absolute atomic E-state index is 6.45. The number of hydrogen-bond donors (Lipinski definition) is 1. The minimum atomic E-state index is 0. The van der Waals surface area contributed by atoms with Gasteiger partial charge in [-0.1, -0.05) is 71.7 Å². The second-order valence-electron chi connectivity index (χ2n) is 6.08. The van der Waals surface area contributed by atoms with E-state index in [1.807, 2.05) is 54.6 Å². The molecule has 0 aromatic heterocycles. The fraction of sp³-hybridized carbons (Fsp3) is 0.182. The molecule has 0 radical (unpaired) electrons.